The van der Waals surface area contributed by atoms with Gasteiger partial charge in [-0.3, -0.25) is 0 Å². The van der Waals surface area contributed by atoms with Gasteiger partial charge >= 0.3 is 11.9 Å². The zero-order valence-electron chi connectivity index (χ0n) is 12.4. The molecule has 2 N–H and O–H groups in total. The molecule has 0 aromatic carbocycles. The minimum absolute atomic E-state index is 0.0656. The monoisotopic (exact) mass is 284 g/mol. The first-order valence-corrected chi connectivity index (χ1v) is 6.70. The van der Waals surface area contributed by atoms with Crippen molar-refractivity contribution in [3.8, 4) is 0 Å². The highest BCUT2D eigenvalue weighted by molar-refractivity contribution is 6.00. The molecule has 0 spiro atoms. The molecule has 0 heterocycles. The van der Waals surface area contributed by atoms with Gasteiger partial charge in [0.15, 0.2) is 0 Å². The van der Waals surface area contributed by atoms with Crippen molar-refractivity contribution in [3.63, 3.8) is 0 Å². The fraction of sp³-hybridized carbons (Fsp3) is 0.600. The molecule has 0 aliphatic carbocycles. The quantitative estimate of drug-likeness (QED) is 0.307. The Kier molecular flexibility index (Phi) is 8.76. The number of aliphatic hydroxyl groups excluding tert-OH is 2. The molecule has 0 saturated carbocycles. The molecule has 0 aliphatic rings. The average molecular weight is 284 g/mol. The van der Waals surface area contributed by atoms with Gasteiger partial charge in [0, 0.05) is 24.2 Å². The molecule has 0 aliphatic heterocycles. The summed E-state index contributed by atoms with van der Waals surface area (Å²) >= 11 is 0. The third-order valence-corrected chi connectivity index (χ3v) is 2.99. The van der Waals surface area contributed by atoms with Gasteiger partial charge in [-0.1, -0.05) is 18.6 Å². The van der Waals surface area contributed by atoms with E-state index in [-0.39, 0.29) is 6.61 Å². The van der Waals surface area contributed by atoms with E-state index in [4.69, 9.17) is 5.11 Å². The first kappa shape index (κ1) is 18.5. The van der Waals surface area contributed by atoms with Crippen LogP contribution in [-0.4, -0.2) is 34.9 Å². The maximum Gasteiger partial charge on any atom is 0.342 e. The lowest BCUT2D eigenvalue weighted by atomic mass is 9.86. The van der Waals surface area contributed by atoms with Gasteiger partial charge in [-0.2, -0.15) is 0 Å². The predicted octanol–water partition coefficient (Wildman–Crippen LogP) is 1.74. The standard InChI is InChI=1S/C15H24O5/c1-5-13(18)20-15(19)14(10(2)3)12(11(4)17)8-6-7-9-16/h5,11-12,16-17H,1,6-9H2,2-4H3. The van der Waals surface area contributed by atoms with E-state index in [9.17, 15) is 14.7 Å². The van der Waals surface area contributed by atoms with Gasteiger partial charge in [-0.15, -0.1) is 0 Å². The Labute approximate surface area is 119 Å². The molecule has 2 atom stereocenters. The van der Waals surface area contributed by atoms with Crippen LogP contribution in [0.3, 0.4) is 0 Å². The first-order chi connectivity index (χ1) is 9.34. The van der Waals surface area contributed by atoms with Gasteiger partial charge < -0.3 is 14.9 Å². The zero-order chi connectivity index (χ0) is 15.7. The molecule has 2 unspecified atom stereocenters. The van der Waals surface area contributed by atoms with E-state index in [1.54, 1.807) is 20.8 Å². The average Bonchev–Trinajstić information content (AvgIpc) is 2.36. The van der Waals surface area contributed by atoms with Crippen LogP contribution in [0.4, 0.5) is 0 Å². The normalized spacial score (nSPS) is 13.2. The fourth-order valence-corrected chi connectivity index (χ4v) is 2.02. The molecule has 5 nitrogen and oxygen atoms in total. The van der Waals surface area contributed by atoms with Crippen molar-refractivity contribution in [1.29, 1.82) is 0 Å². The van der Waals surface area contributed by atoms with Crippen molar-refractivity contribution in [2.45, 2.75) is 46.1 Å². The largest absolute Gasteiger partial charge is 0.396 e. The van der Waals surface area contributed by atoms with E-state index >= 15 is 0 Å². The van der Waals surface area contributed by atoms with Gasteiger partial charge in [0.2, 0.25) is 0 Å². The second-order valence-corrected chi connectivity index (χ2v) is 4.89. The van der Waals surface area contributed by atoms with Crippen molar-refractivity contribution in [3.05, 3.63) is 23.8 Å². The molecule has 0 aromatic heterocycles. The number of ether oxygens (including phenoxy) is 1. The Balaban J connectivity index is 5.10. The van der Waals surface area contributed by atoms with Crippen LogP contribution >= 0.6 is 0 Å². The molecule has 20 heavy (non-hydrogen) atoms. The van der Waals surface area contributed by atoms with Crippen molar-refractivity contribution in [1.82, 2.24) is 0 Å². The van der Waals surface area contributed by atoms with Crippen LogP contribution in [0.1, 0.15) is 40.0 Å². The van der Waals surface area contributed by atoms with E-state index < -0.39 is 24.0 Å². The minimum atomic E-state index is -0.812. The number of carbonyl (C=O) groups excluding carboxylic acids is 2. The molecule has 0 saturated heterocycles. The Hall–Kier alpha value is -1.46. The van der Waals surface area contributed by atoms with Gasteiger partial charge in [-0.05, 0) is 33.6 Å². The van der Waals surface area contributed by atoms with Gasteiger partial charge in [0.05, 0.1) is 6.10 Å². The Morgan fingerprint density at radius 1 is 1.30 bits per heavy atom. The second kappa shape index (κ2) is 9.44. The van der Waals surface area contributed by atoms with Crippen LogP contribution in [-0.2, 0) is 14.3 Å². The van der Waals surface area contributed by atoms with E-state index in [1.165, 1.54) is 0 Å². The molecule has 0 fully saturated rings. The highest BCUT2D eigenvalue weighted by atomic mass is 16.6. The Morgan fingerprint density at radius 3 is 2.30 bits per heavy atom. The van der Waals surface area contributed by atoms with Crippen molar-refractivity contribution < 1.29 is 24.5 Å². The molecule has 0 amide bonds. The van der Waals surface area contributed by atoms with Crippen LogP contribution in [0.5, 0.6) is 0 Å². The van der Waals surface area contributed by atoms with Crippen LogP contribution in [0.15, 0.2) is 23.8 Å². The van der Waals surface area contributed by atoms with E-state index in [1.807, 2.05) is 0 Å². The minimum Gasteiger partial charge on any atom is -0.396 e. The maximum atomic E-state index is 12.0. The summed E-state index contributed by atoms with van der Waals surface area (Å²) in [5, 5.41) is 18.7. The smallest absolute Gasteiger partial charge is 0.342 e. The lowest BCUT2D eigenvalue weighted by molar-refractivity contribution is -0.154. The summed E-state index contributed by atoms with van der Waals surface area (Å²) in [6, 6.07) is 0. The predicted molar refractivity (Wildman–Crippen MR) is 75.8 cm³/mol. The second-order valence-electron chi connectivity index (χ2n) is 4.89. The van der Waals surface area contributed by atoms with Crippen molar-refractivity contribution in [2.75, 3.05) is 6.61 Å². The number of aliphatic hydroxyl groups is 2. The van der Waals surface area contributed by atoms with E-state index in [0.717, 1.165) is 6.08 Å². The number of carbonyl (C=O) groups is 2. The third kappa shape index (κ3) is 6.12. The topological polar surface area (TPSA) is 83.8 Å². The number of rotatable bonds is 8. The van der Waals surface area contributed by atoms with Crippen LogP contribution in [0, 0.1) is 5.92 Å². The number of hydrogen-bond donors (Lipinski definition) is 2. The molecule has 0 radical (unpaired) electrons. The Morgan fingerprint density at radius 2 is 1.90 bits per heavy atom. The maximum absolute atomic E-state index is 12.0. The summed E-state index contributed by atoms with van der Waals surface area (Å²) in [5.74, 6) is -1.98. The summed E-state index contributed by atoms with van der Waals surface area (Å²) in [6.07, 6.45) is 1.98. The van der Waals surface area contributed by atoms with Gasteiger partial charge in [-0.25, -0.2) is 9.59 Å². The number of esters is 2. The molecule has 114 valence electrons. The molecule has 0 bridgehead atoms. The van der Waals surface area contributed by atoms with Crippen molar-refractivity contribution >= 4 is 11.9 Å². The molecule has 0 aromatic rings. The van der Waals surface area contributed by atoms with Crippen molar-refractivity contribution in [2.24, 2.45) is 5.92 Å². The third-order valence-electron chi connectivity index (χ3n) is 2.99. The van der Waals surface area contributed by atoms with Gasteiger partial charge in [0.1, 0.15) is 0 Å². The van der Waals surface area contributed by atoms with Crippen LogP contribution in [0.2, 0.25) is 0 Å². The summed E-state index contributed by atoms with van der Waals surface area (Å²) in [5.41, 5.74) is 1.01. The lowest BCUT2D eigenvalue weighted by Crippen LogP contribution is -2.27. The van der Waals surface area contributed by atoms with E-state index in [0.29, 0.717) is 30.4 Å². The SMILES string of the molecule is C=CC(=O)OC(=O)C(=C(C)C)C(CCCCO)C(C)O. The number of hydrogen-bond acceptors (Lipinski definition) is 5. The first-order valence-electron chi connectivity index (χ1n) is 6.70. The summed E-state index contributed by atoms with van der Waals surface area (Å²) in [7, 11) is 0. The molecule has 0 rings (SSSR count). The highest BCUT2D eigenvalue weighted by Gasteiger charge is 2.28. The molecule has 5 heteroatoms. The fourth-order valence-electron chi connectivity index (χ4n) is 2.02. The zero-order valence-corrected chi connectivity index (χ0v) is 12.4. The molecular formula is C15H24O5. The lowest BCUT2D eigenvalue weighted by Gasteiger charge is -2.23. The van der Waals surface area contributed by atoms with Crippen LogP contribution in [0.25, 0.3) is 0 Å². The van der Waals surface area contributed by atoms with Crippen LogP contribution < -0.4 is 0 Å². The summed E-state index contributed by atoms with van der Waals surface area (Å²) in [6.45, 7) is 8.36. The van der Waals surface area contributed by atoms with Gasteiger partial charge in [0.25, 0.3) is 0 Å². The highest BCUT2D eigenvalue weighted by Crippen LogP contribution is 2.26. The summed E-state index contributed by atoms with van der Waals surface area (Å²) in [4.78, 5) is 23.1. The number of allylic oxidation sites excluding steroid dienone is 1. The molecular weight excluding hydrogens is 260 g/mol. The Bertz CT molecular complexity index is 378. The van der Waals surface area contributed by atoms with E-state index in [2.05, 4.69) is 11.3 Å². The summed E-state index contributed by atoms with van der Waals surface area (Å²) < 4.78 is 4.65. The number of unbranched alkanes of at least 4 members (excludes halogenated alkanes) is 1.